The van der Waals surface area contributed by atoms with Gasteiger partial charge in [-0.15, -0.1) is 22.7 Å². The van der Waals surface area contributed by atoms with Crippen LogP contribution in [0.5, 0.6) is 0 Å². The van der Waals surface area contributed by atoms with Crippen LogP contribution in [0.25, 0.3) is 22.0 Å². The van der Waals surface area contributed by atoms with Crippen LogP contribution in [0.1, 0.15) is 5.69 Å². The number of amides is 1. The molecule has 0 bridgehead atoms. The van der Waals surface area contributed by atoms with Crippen molar-refractivity contribution < 1.29 is 14.1 Å². The van der Waals surface area contributed by atoms with Crippen LogP contribution in [-0.4, -0.2) is 20.8 Å². The Labute approximate surface area is 166 Å². The van der Waals surface area contributed by atoms with Crippen molar-refractivity contribution in [2.45, 2.75) is 6.42 Å². The Morgan fingerprint density at radius 3 is 2.86 bits per heavy atom. The maximum atomic E-state index is 12.3. The second kappa shape index (κ2) is 7.71. The van der Waals surface area contributed by atoms with Gasteiger partial charge in [-0.25, -0.2) is 9.97 Å². The molecule has 4 aromatic rings. The molecule has 0 saturated carbocycles. The van der Waals surface area contributed by atoms with E-state index in [1.807, 2.05) is 11.4 Å². The summed E-state index contributed by atoms with van der Waals surface area (Å²) in [5.74, 6) is 0.425. The van der Waals surface area contributed by atoms with E-state index in [0.717, 1.165) is 5.01 Å². The average Bonchev–Trinajstić information content (AvgIpc) is 3.43. The van der Waals surface area contributed by atoms with Crippen LogP contribution in [0, 0.1) is 10.1 Å². The number of carbonyl (C=O) groups is 1. The number of carbonyl (C=O) groups excluding carboxylic acids is 1. The third-order valence-corrected chi connectivity index (χ3v) is 5.39. The van der Waals surface area contributed by atoms with Crippen molar-refractivity contribution in [1.82, 2.24) is 9.97 Å². The molecule has 1 N–H and O–H groups in total. The lowest BCUT2D eigenvalue weighted by molar-refractivity contribution is -0.384. The summed E-state index contributed by atoms with van der Waals surface area (Å²) >= 11 is 2.66. The zero-order chi connectivity index (χ0) is 19.5. The number of benzene rings is 1. The summed E-state index contributed by atoms with van der Waals surface area (Å²) in [6.07, 6.45) is 1.69. The maximum Gasteiger partial charge on any atom is 0.270 e. The second-order valence-electron chi connectivity index (χ2n) is 5.69. The number of furan rings is 1. The molecular weight excluding hydrogens is 400 g/mol. The zero-order valence-electron chi connectivity index (χ0n) is 14.2. The van der Waals surface area contributed by atoms with Gasteiger partial charge in [0.05, 0.1) is 29.0 Å². The minimum atomic E-state index is -0.455. The van der Waals surface area contributed by atoms with Gasteiger partial charge in [-0.2, -0.15) is 0 Å². The number of anilines is 1. The molecule has 0 aliphatic carbocycles. The molecule has 0 saturated heterocycles. The molecule has 4 rings (SSSR count). The predicted octanol–water partition coefficient (Wildman–Crippen LogP) is 4.62. The van der Waals surface area contributed by atoms with E-state index in [4.69, 9.17) is 4.42 Å². The van der Waals surface area contributed by atoms with Crippen LogP contribution in [0.4, 0.5) is 10.8 Å². The summed E-state index contributed by atoms with van der Waals surface area (Å²) in [5.41, 5.74) is 1.82. The monoisotopic (exact) mass is 412 g/mol. The molecule has 0 radical (unpaired) electrons. The first-order valence-corrected chi connectivity index (χ1v) is 9.83. The molecule has 0 atom stereocenters. The molecule has 0 unspecified atom stereocenters. The first-order chi connectivity index (χ1) is 13.6. The molecule has 0 aliphatic heterocycles. The summed E-state index contributed by atoms with van der Waals surface area (Å²) in [6, 6.07) is 9.80. The van der Waals surface area contributed by atoms with E-state index in [1.165, 1.54) is 34.8 Å². The number of nitro benzene ring substituents is 1. The van der Waals surface area contributed by atoms with Crippen molar-refractivity contribution in [3.8, 4) is 22.0 Å². The van der Waals surface area contributed by atoms with Gasteiger partial charge < -0.3 is 9.73 Å². The van der Waals surface area contributed by atoms with Crippen LogP contribution >= 0.6 is 22.7 Å². The van der Waals surface area contributed by atoms with Gasteiger partial charge in [-0.1, -0.05) is 12.1 Å². The fourth-order valence-corrected chi connectivity index (χ4v) is 3.99. The van der Waals surface area contributed by atoms with Gasteiger partial charge in [0.15, 0.2) is 15.9 Å². The molecule has 0 fully saturated rings. The highest BCUT2D eigenvalue weighted by Crippen LogP contribution is 2.28. The van der Waals surface area contributed by atoms with Crippen molar-refractivity contribution in [2.24, 2.45) is 0 Å². The van der Waals surface area contributed by atoms with Gasteiger partial charge in [0.25, 0.3) is 5.69 Å². The quantitative estimate of drug-likeness (QED) is 0.365. The highest BCUT2D eigenvalue weighted by Gasteiger charge is 2.14. The molecule has 3 heterocycles. The van der Waals surface area contributed by atoms with Crippen LogP contribution < -0.4 is 5.32 Å². The molecule has 1 aromatic carbocycles. The van der Waals surface area contributed by atoms with Gasteiger partial charge in [0, 0.05) is 28.5 Å². The highest BCUT2D eigenvalue weighted by molar-refractivity contribution is 7.14. The van der Waals surface area contributed by atoms with Crippen LogP contribution in [-0.2, 0) is 11.2 Å². The van der Waals surface area contributed by atoms with E-state index in [2.05, 4.69) is 15.3 Å². The minimum Gasteiger partial charge on any atom is -0.462 e. The van der Waals surface area contributed by atoms with Crippen molar-refractivity contribution in [3.05, 3.63) is 69.2 Å². The minimum absolute atomic E-state index is 0.00743. The van der Waals surface area contributed by atoms with Crippen molar-refractivity contribution in [3.63, 3.8) is 0 Å². The van der Waals surface area contributed by atoms with E-state index < -0.39 is 4.92 Å². The molecule has 0 spiro atoms. The summed E-state index contributed by atoms with van der Waals surface area (Å²) in [4.78, 5) is 31.5. The number of nitrogens with zero attached hydrogens (tertiary/aromatic N) is 3. The number of rotatable bonds is 6. The Morgan fingerprint density at radius 1 is 1.18 bits per heavy atom. The molecular formula is C18H12N4O4S2. The number of thiazole rings is 2. The van der Waals surface area contributed by atoms with E-state index in [0.29, 0.717) is 27.8 Å². The van der Waals surface area contributed by atoms with Gasteiger partial charge in [-0.3, -0.25) is 14.9 Å². The van der Waals surface area contributed by atoms with E-state index in [9.17, 15) is 14.9 Å². The smallest absolute Gasteiger partial charge is 0.270 e. The fourth-order valence-electron chi connectivity index (χ4n) is 2.47. The summed E-state index contributed by atoms with van der Waals surface area (Å²) in [5, 5.41) is 18.3. The zero-order valence-corrected chi connectivity index (χ0v) is 15.8. The number of hydrogen-bond donors (Lipinski definition) is 1. The second-order valence-corrected chi connectivity index (χ2v) is 7.41. The largest absolute Gasteiger partial charge is 0.462 e. The van der Waals surface area contributed by atoms with E-state index >= 15 is 0 Å². The molecule has 3 aromatic heterocycles. The number of hydrogen-bond acceptors (Lipinski definition) is 8. The summed E-state index contributed by atoms with van der Waals surface area (Å²) in [6.45, 7) is 0. The van der Waals surface area contributed by atoms with Gasteiger partial charge in [-0.05, 0) is 12.1 Å². The van der Waals surface area contributed by atoms with Crippen LogP contribution in [0.15, 0.2) is 57.8 Å². The number of nitrogens with one attached hydrogen (secondary N) is 1. The Bertz CT molecular complexity index is 1130. The number of non-ortho nitro benzene ring substituents is 1. The standard InChI is InChI=1S/C18H12N4O4S2/c23-16(8-12-9-27-17(19-12)15-5-2-6-26-15)21-18-20-14(10-28-18)11-3-1-4-13(7-11)22(24)25/h1-7,9-10H,8H2,(H,20,21,23). The van der Waals surface area contributed by atoms with Crippen molar-refractivity contribution in [2.75, 3.05) is 5.32 Å². The molecule has 8 nitrogen and oxygen atoms in total. The maximum absolute atomic E-state index is 12.3. The molecule has 140 valence electrons. The van der Waals surface area contributed by atoms with Crippen LogP contribution in [0.3, 0.4) is 0 Å². The van der Waals surface area contributed by atoms with E-state index in [1.54, 1.807) is 29.8 Å². The Kier molecular flexibility index (Phi) is 4.96. The van der Waals surface area contributed by atoms with Crippen molar-refractivity contribution in [1.29, 1.82) is 0 Å². The van der Waals surface area contributed by atoms with Gasteiger partial charge in [0.1, 0.15) is 0 Å². The Hall–Kier alpha value is -3.37. The predicted molar refractivity (Wildman–Crippen MR) is 106 cm³/mol. The number of aromatic nitrogens is 2. The SMILES string of the molecule is O=C(Cc1csc(-c2ccco2)n1)Nc1nc(-c2cccc([N+](=O)[O-])c2)cs1. The molecule has 1 amide bonds. The molecule has 10 heteroatoms. The lowest BCUT2D eigenvalue weighted by atomic mass is 10.1. The summed E-state index contributed by atoms with van der Waals surface area (Å²) in [7, 11) is 0. The Morgan fingerprint density at radius 2 is 2.07 bits per heavy atom. The third-order valence-electron chi connectivity index (χ3n) is 3.73. The topological polar surface area (TPSA) is 111 Å². The third kappa shape index (κ3) is 3.97. The molecule has 28 heavy (non-hydrogen) atoms. The fraction of sp³-hybridized carbons (Fsp3) is 0.0556. The average molecular weight is 412 g/mol. The number of nitro groups is 1. The highest BCUT2D eigenvalue weighted by atomic mass is 32.1. The first kappa shape index (κ1) is 18.0. The lowest BCUT2D eigenvalue weighted by Crippen LogP contribution is -2.14. The molecule has 0 aliphatic rings. The lowest BCUT2D eigenvalue weighted by Gasteiger charge is -1.99. The van der Waals surface area contributed by atoms with E-state index in [-0.39, 0.29) is 18.0 Å². The van der Waals surface area contributed by atoms with Crippen molar-refractivity contribution >= 4 is 39.4 Å². The van der Waals surface area contributed by atoms with Gasteiger partial charge in [0.2, 0.25) is 5.91 Å². The normalized spacial score (nSPS) is 10.7. The summed E-state index contributed by atoms with van der Waals surface area (Å²) < 4.78 is 5.30. The van der Waals surface area contributed by atoms with Gasteiger partial charge >= 0.3 is 0 Å². The first-order valence-electron chi connectivity index (χ1n) is 8.07. The van der Waals surface area contributed by atoms with Crippen LogP contribution in [0.2, 0.25) is 0 Å². The Balaban J connectivity index is 1.42.